The SMILES string of the molecule is NN=C(N)SCc1nc(Cl)ccc1Cl. The largest absolute Gasteiger partial charge is 0.377 e. The lowest BCUT2D eigenvalue weighted by Gasteiger charge is -2.02. The van der Waals surface area contributed by atoms with E-state index in [1.807, 2.05) is 0 Å². The summed E-state index contributed by atoms with van der Waals surface area (Å²) >= 11 is 12.8. The Bertz CT molecular complexity index is 356. The average molecular weight is 251 g/mol. The number of halogens is 2. The summed E-state index contributed by atoms with van der Waals surface area (Å²) in [4.78, 5) is 4.04. The molecule has 0 unspecified atom stereocenters. The van der Waals surface area contributed by atoms with Crippen LogP contribution in [0.5, 0.6) is 0 Å². The number of nitrogens with two attached hydrogens (primary N) is 2. The zero-order valence-corrected chi connectivity index (χ0v) is 9.40. The first-order valence-electron chi connectivity index (χ1n) is 3.60. The average Bonchev–Trinajstić information content (AvgIpc) is 2.19. The second kappa shape index (κ2) is 5.29. The third-order valence-electron chi connectivity index (χ3n) is 1.37. The van der Waals surface area contributed by atoms with Crippen molar-refractivity contribution in [3.63, 3.8) is 0 Å². The number of hydrogen-bond acceptors (Lipinski definition) is 4. The number of hydrogen-bond donors (Lipinski definition) is 2. The Morgan fingerprint density at radius 3 is 2.86 bits per heavy atom. The Kier molecular flexibility index (Phi) is 4.31. The number of rotatable bonds is 2. The molecule has 1 rings (SSSR count). The van der Waals surface area contributed by atoms with E-state index >= 15 is 0 Å². The van der Waals surface area contributed by atoms with Crippen LogP contribution in [0.2, 0.25) is 10.2 Å². The Balaban J connectivity index is 2.71. The molecule has 14 heavy (non-hydrogen) atoms. The van der Waals surface area contributed by atoms with Crippen LogP contribution >= 0.6 is 35.0 Å². The summed E-state index contributed by atoms with van der Waals surface area (Å²) in [6.07, 6.45) is 0. The smallest absolute Gasteiger partial charge is 0.177 e. The van der Waals surface area contributed by atoms with Crippen molar-refractivity contribution in [1.82, 2.24) is 4.98 Å². The monoisotopic (exact) mass is 250 g/mol. The van der Waals surface area contributed by atoms with Crippen LogP contribution in [0, 0.1) is 0 Å². The molecule has 0 fully saturated rings. The van der Waals surface area contributed by atoms with E-state index in [2.05, 4.69) is 10.1 Å². The van der Waals surface area contributed by atoms with Crippen molar-refractivity contribution >= 4 is 40.1 Å². The van der Waals surface area contributed by atoms with Crippen LogP contribution in [0.3, 0.4) is 0 Å². The van der Waals surface area contributed by atoms with Gasteiger partial charge in [-0.25, -0.2) is 4.98 Å². The first-order valence-corrected chi connectivity index (χ1v) is 5.34. The fourth-order valence-electron chi connectivity index (χ4n) is 0.739. The summed E-state index contributed by atoms with van der Waals surface area (Å²) in [7, 11) is 0. The molecule has 0 aliphatic carbocycles. The van der Waals surface area contributed by atoms with Gasteiger partial charge in [0.05, 0.1) is 10.7 Å². The van der Waals surface area contributed by atoms with Crippen molar-refractivity contribution in [2.24, 2.45) is 16.7 Å². The van der Waals surface area contributed by atoms with Crippen LogP contribution in [0.25, 0.3) is 0 Å². The first-order chi connectivity index (χ1) is 6.63. The van der Waals surface area contributed by atoms with E-state index < -0.39 is 0 Å². The molecule has 0 amide bonds. The van der Waals surface area contributed by atoms with E-state index in [1.165, 1.54) is 11.8 Å². The van der Waals surface area contributed by atoms with Gasteiger partial charge in [-0.2, -0.15) is 5.10 Å². The number of hydrazone groups is 1. The summed E-state index contributed by atoms with van der Waals surface area (Å²) < 4.78 is 0. The summed E-state index contributed by atoms with van der Waals surface area (Å²) in [5.41, 5.74) is 6.06. The minimum atomic E-state index is 0.280. The number of aromatic nitrogens is 1. The maximum Gasteiger partial charge on any atom is 0.177 e. The van der Waals surface area contributed by atoms with Crippen molar-refractivity contribution in [1.29, 1.82) is 0 Å². The van der Waals surface area contributed by atoms with E-state index in [-0.39, 0.29) is 5.17 Å². The molecule has 4 nitrogen and oxygen atoms in total. The van der Waals surface area contributed by atoms with Gasteiger partial charge in [-0.1, -0.05) is 35.0 Å². The predicted octanol–water partition coefficient (Wildman–Crippen LogP) is 1.81. The molecule has 0 bridgehead atoms. The molecule has 0 aliphatic heterocycles. The van der Waals surface area contributed by atoms with Crippen molar-refractivity contribution in [2.45, 2.75) is 5.75 Å². The zero-order chi connectivity index (χ0) is 10.6. The maximum absolute atomic E-state index is 5.88. The highest BCUT2D eigenvalue weighted by Crippen LogP contribution is 2.21. The van der Waals surface area contributed by atoms with Crippen LogP contribution in [-0.4, -0.2) is 10.2 Å². The van der Waals surface area contributed by atoms with E-state index in [1.54, 1.807) is 12.1 Å². The van der Waals surface area contributed by atoms with Crippen LogP contribution in [0.15, 0.2) is 17.2 Å². The van der Waals surface area contributed by atoms with Crippen molar-refractivity contribution in [3.05, 3.63) is 28.0 Å². The van der Waals surface area contributed by atoms with Gasteiger partial charge in [-0.05, 0) is 12.1 Å². The number of thioether (sulfide) groups is 1. The van der Waals surface area contributed by atoms with E-state index in [9.17, 15) is 0 Å². The van der Waals surface area contributed by atoms with E-state index in [4.69, 9.17) is 34.8 Å². The Morgan fingerprint density at radius 2 is 2.21 bits per heavy atom. The Hall–Kier alpha value is -0.650. The number of pyridine rings is 1. The third kappa shape index (κ3) is 3.25. The zero-order valence-electron chi connectivity index (χ0n) is 7.08. The van der Waals surface area contributed by atoms with Gasteiger partial charge < -0.3 is 11.6 Å². The standard InChI is InChI=1S/C7H8Cl2N4S/c8-4-1-2-6(9)12-5(4)3-14-7(10)13-11/h1-2H,3,11H2,(H2,10,13). The summed E-state index contributed by atoms with van der Waals surface area (Å²) in [6.45, 7) is 0. The summed E-state index contributed by atoms with van der Waals surface area (Å²) in [5, 5.41) is 4.53. The Labute approximate surface area is 95.7 Å². The highest BCUT2D eigenvalue weighted by Gasteiger charge is 2.04. The second-order valence-corrected chi connectivity index (χ2v) is 4.11. The van der Waals surface area contributed by atoms with Crippen LogP contribution in [0.4, 0.5) is 0 Å². The minimum Gasteiger partial charge on any atom is -0.377 e. The van der Waals surface area contributed by atoms with Gasteiger partial charge in [0.25, 0.3) is 0 Å². The highest BCUT2D eigenvalue weighted by molar-refractivity contribution is 8.13. The maximum atomic E-state index is 5.88. The quantitative estimate of drug-likeness (QED) is 0.276. The van der Waals surface area contributed by atoms with Crippen LogP contribution < -0.4 is 11.6 Å². The molecule has 7 heteroatoms. The summed E-state index contributed by atoms with van der Waals surface area (Å²) in [5.74, 6) is 5.46. The predicted molar refractivity (Wildman–Crippen MR) is 61.4 cm³/mol. The molecule has 0 saturated carbocycles. The lowest BCUT2D eigenvalue weighted by Crippen LogP contribution is -2.09. The molecule has 0 aromatic carbocycles. The second-order valence-electron chi connectivity index (χ2n) is 2.32. The molecule has 1 heterocycles. The topological polar surface area (TPSA) is 77.3 Å². The first kappa shape index (κ1) is 11.4. The number of amidine groups is 1. The fourth-order valence-corrected chi connectivity index (χ4v) is 1.73. The lowest BCUT2D eigenvalue weighted by molar-refractivity contribution is 1.18. The van der Waals surface area contributed by atoms with Gasteiger partial charge in [0, 0.05) is 5.75 Å². The Morgan fingerprint density at radius 1 is 1.50 bits per heavy atom. The van der Waals surface area contributed by atoms with Gasteiger partial charge >= 0.3 is 0 Å². The summed E-state index contributed by atoms with van der Waals surface area (Å²) in [6, 6.07) is 3.31. The number of nitrogens with zero attached hydrogens (tertiary/aromatic N) is 2. The molecule has 0 saturated heterocycles. The van der Waals surface area contributed by atoms with Gasteiger partial charge in [0.2, 0.25) is 0 Å². The molecule has 1 aromatic heterocycles. The minimum absolute atomic E-state index is 0.280. The molecular weight excluding hydrogens is 243 g/mol. The van der Waals surface area contributed by atoms with Gasteiger partial charge in [0.1, 0.15) is 5.15 Å². The molecular formula is C7H8Cl2N4S. The van der Waals surface area contributed by atoms with Crippen LogP contribution in [-0.2, 0) is 5.75 Å². The molecule has 0 radical (unpaired) electrons. The van der Waals surface area contributed by atoms with Gasteiger partial charge in [0.15, 0.2) is 5.17 Å². The molecule has 76 valence electrons. The van der Waals surface area contributed by atoms with Crippen molar-refractivity contribution in [3.8, 4) is 0 Å². The molecule has 0 atom stereocenters. The molecule has 4 N–H and O–H groups in total. The normalized spacial score (nSPS) is 11.7. The van der Waals surface area contributed by atoms with Gasteiger partial charge in [-0.15, -0.1) is 0 Å². The van der Waals surface area contributed by atoms with Crippen LogP contribution in [0.1, 0.15) is 5.69 Å². The molecule has 0 spiro atoms. The van der Waals surface area contributed by atoms with E-state index in [0.717, 1.165) is 0 Å². The third-order valence-corrected chi connectivity index (χ3v) is 2.74. The van der Waals surface area contributed by atoms with Gasteiger partial charge in [-0.3, -0.25) is 0 Å². The molecule has 1 aromatic rings. The van der Waals surface area contributed by atoms with E-state index in [0.29, 0.717) is 21.6 Å². The fraction of sp³-hybridized carbons (Fsp3) is 0.143. The lowest BCUT2D eigenvalue weighted by atomic mass is 10.4. The van der Waals surface area contributed by atoms with Crippen molar-refractivity contribution in [2.75, 3.05) is 0 Å². The van der Waals surface area contributed by atoms with Crippen molar-refractivity contribution < 1.29 is 0 Å². The highest BCUT2D eigenvalue weighted by atomic mass is 35.5. The molecule has 0 aliphatic rings.